The van der Waals surface area contributed by atoms with Gasteiger partial charge in [-0.05, 0) is 25.1 Å². The van der Waals surface area contributed by atoms with Crippen molar-refractivity contribution in [3.8, 4) is 12.3 Å². The summed E-state index contributed by atoms with van der Waals surface area (Å²) in [4.78, 5) is 12.2. The zero-order valence-corrected chi connectivity index (χ0v) is 14.7. The molecular weight excluding hydrogens is 334 g/mol. The molecule has 0 aliphatic carbocycles. The second-order valence-electron chi connectivity index (χ2n) is 5.45. The monoisotopic (exact) mass is 353 g/mol. The largest absolute Gasteiger partial charge is 0.289 e. The summed E-state index contributed by atoms with van der Waals surface area (Å²) in [5.41, 5.74) is 1.51. The molecule has 2 rings (SSSR count). The van der Waals surface area contributed by atoms with Gasteiger partial charge in [-0.25, -0.2) is 8.42 Å². The Morgan fingerprint density at radius 1 is 1.12 bits per heavy atom. The van der Waals surface area contributed by atoms with E-state index in [-0.39, 0.29) is 23.8 Å². The number of carbonyl (C=O) groups excluding carboxylic acids is 1. The van der Waals surface area contributed by atoms with Crippen molar-refractivity contribution in [3.63, 3.8) is 0 Å². The number of terminal acetylenes is 1. The molecule has 0 aliphatic heterocycles. The number of aryl methyl sites for hydroxylation is 1. The van der Waals surface area contributed by atoms with E-state index in [1.54, 1.807) is 48.5 Å². The maximum Gasteiger partial charge on any atom is 0.244 e. The zero-order chi connectivity index (χ0) is 18.3. The Labute approximate surface area is 148 Å². The second-order valence-corrected chi connectivity index (χ2v) is 7.39. The lowest BCUT2D eigenvalue weighted by molar-refractivity contribution is 0.104. The molecule has 0 bridgehead atoms. The Hall–Kier alpha value is -2.68. The number of benzene rings is 2. The highest BCUT2D eigenvalue weighted by Gasteiger charge is 2.22. The van der Waals surface area contributed by atoms with E-state index in [4.69, 9.17) is 6.42 Å². The van der Waals surface area contributed by atoms with Crippen LogP contribution in [-0.2, 0) is 10.0 Å². The van der Waals surface area contributed by atoms with Crippen molar-refractivity contribution < 1.29 is 13.2 Å². The highest BCUT2D eigenvalue weighted by molar-refractivity contribution is 7.89. The number of nitrogens with zero attached hydrogens (tertiary/aromatic N) is 1. The van der Waals surface area contributed by atoms with Gasteiger partial charge in [0.1, 0.15) is 0 Å². The number of allylic oxidation sites excluding steroid dienone is 1. The smallest absolute Gasteiger partial charge is 0.244 e. The molecule has 2 aromatic carbocycles. The maximum atomic E-state index is 12.7. The summed E-state index contributed by atoms with van der Waals surface area (Å²) in [6.45, 7) is 1.84. The van der Waals surface area contributed by atoms with Crippen LogP contribution in [0.5, 0.6) is 0 Å². The number of sulfonamides is 1. The van der Waals surface area contributed by atoms with Crippen molar-refractivity contribution in [2.75, 3.05) is 13.1 Å². The van der Waals surface area contributed by atoms with Crippen LogP contribution in [0.3, 0.4) is 0 Å². The van der Waals surface area contributed by atoms with Crippen LogP contribution in [0.4, 0.5) is 0 Å². The van der Waals surface area contributed by atoms with Crippen LogP contribution in [0.1, 0.15) is 15.9 Å². The molecule has 0 heterocycles. The maximum absolute atomic E-state index is 12.7. The van der Waals surface area contributed by atoms with Crippen LogP contribution in [0.25, 0.3) is 0 Å². The molecule has 0 aliphatic rings. The molecule has 0 spiro atoms. The van der Waals surface area contributed by atoms with Crippen LogP contribution in [0, 0.1) is 19.3 Å². The Balaban J connectivity index is 2.15. The van der Waals surface area contributed by atoms with E-state index in [1.807, 2.05) is 13.0 Å². The highest BCUT2D eigenvalue weighted by atomic mass is 32.2. The van der Waals surface area contributed by atoms with Gasteiger partial charge in [0.25, 0.3) is 0 Å². The third-order valence-corrected chi connectivity index (χ3v) is 5.39. The van der Waals surface area contributed by atoms with Crippen molar-refractivity contribution in [1.29, 1.82) is 0 Å². The number of hydrogen-bond acceptors (Lipinski definition) is 3. The van der Waals surface area contributed by atoms with E-state index in [9.17, 15) is 13.2 Å². The van der Waals surface area contributed by atoms with Crippen LogP contribution >= 0.6 is 0 Å². The summed E-state index contributed by atoms with van der Waals surface area (Å²) in [5, 5.41) is 0. The quantitative estimate of drug-likeness (QED) is 0.437. The van der Waals surface area contributed by atoms with Crippen molar-refractivity contribution in [1.82, 2.24) is 4.31 Å². The zero-order valence-electron chi connectivity index (χ0n) is 13.9. The van der Waals surface area contributed by atoms with E-state index >= 15 is 0 Å². The molecule has 0 aromatic heterocycles. The molecule has 25 heavy (non-hydrogen) atoms. The fraction of sp³-hybridized carbons (Fsp3) is 0.150. The Bertz CT molecular complexity index is 892. The average molecular weight is 353 g/mol. The van der Waals surface area contributed by atoms with Gasteiger partial charge in [-0.2, -0.15) is 4.31 Å². The first-order chi connectivity index (χ1) is 11.9. The summed E-state index contributed by atoms with van der Waals surface area (Å²) in [7, 11) is -3.71. The first kappa shape index (κ1) is 18.7. The average Bonchev–Trinajstić information content (AvgIpc) is 2.62. The lowest BCUT2D eigenvalue weighted by Gasteiger charge is -2.18. The van der Waals surface area contributed by atoms with E-state index in [1.165, 1.54) is 12.2 Å². The molecule has 4 nitrogen and oxygen atoms in total. The third-order valence-electron chi connectivity index (χ3n) is 3.56. The van der Waals surface area contributed by atoms with Gasteiger partial charge in [-0.1, -0.05) is 60.0 Å². The third kappa shape index (κ3) is 4.90. The van der Waals surface area contributed by atoms with Gasteiger partial charge in [-0.15, -0.1) is 6.42 Å². The first-order valence-corrected chi connectivity index (χ1v) is 9.15. The summed E-state index contributed by atoms with van der Waals surface area (Å²) in [6, 6.07) is 15.3. The normalized spacial score (nSPS) is 11.6. The Kier molecular flexibility index (Phi) is 6.29. The molecule has 128 valence electrons. The fourth-order valence-corrected chi connectivity index (χ4v) is 3.49. The first-order valence-electron chi connectivity index (χ1n) is 7.71. The van der Waals surface area contributed by atoms with E-state index in [2.05, 4.69) is 5.92 Å². The Morgan fingerprint density at radius 2 is 1.76 bits per heavy atom. The highest BCUT2D eigenvalue weighted by Crippen LogP contribution is 2.16. The van der Waals surface area contributed by atoms with Crippen LogP contribution < -0.4 is 0 Å². The van der Waals surface area contributed by atoms with Gasteiger partial charge in [-0.3, -0.25) is 4.79 Å². The van der Waals surface area contributed by atoms with Crippen LogP contribution in [0.15, 0.2) is 71.6 Å². The van der Waals surface area contributed by atoms with Gasteiger partial charge in [0.05, 0.1) is 11.4 Å². The van der Waals surface area contributed by atoms with Gasteiger partial charge in [0.2, 0.25) is 10.0 Å². The van der Waals surface area contributed by atoms with Gasteiger partial charge in [0.15, 0.2) is 5.78 Å². The number of carbonyl (C=O) groups is 1. The molecule has 0 saturated heterocycles. The molecule has 0 radical (unpaired) electrons. The molecule has 0 saturated carbocycles. The molecular formula is C20H19NO3S. The lowest BCUT2D eigenvalue weighted by Crippen LogP contribution is -2.31. The van der Waals surface area contributed by atoms with E-state index < -0.39 is 10.0 Å². The summed E-state index contributed by atoms with van der Waals surface area (Å²) < 4.78 is 26.5. The van der Waals surface area contributed by atoms with Crippen molar-refractivity contribution >= 4 is 15.8 Å². The number of rotatable bonds is 7. The van der Waals surface area contributed by atoms with Crippen molar-refractivity contribution in [2.24, 2.45) is 0 Å². The second kappa shape index (κ2) is 8.43. The van der Waals surface area contributed by atoms with Gasteiger partial charge in [0, 0.05) is 12.1 Å². The minimum atomic E-state index is -3.71. The molecule has 0 atom stereocenters. The van der Waals surface area contributed by atoms with Crippen LogP contribution in [-0.4, -0.2) is 31.6 Å². The summed E-state index contributed by atoms with van der Waals surface area (Å²) >= 11 is 0. The standard InChI is InChI=1S/C20H19NO3S/c1-3-15-21(25(23,24)19-13-11-17(2)12-14-19)16-7-10-20(22)18-8-5-4-6-9-18/h1,4-14H,15-16H2,2H3/b10-7+. The van der Waals surface area contributed by atoms with E-state index in [0.29, 0.717) is 5.56 Å². The summed E-state index contributed by atoms with van der Waals surface area (Å²) in [5.74, 6) is 2.17. The van der Waals surface area contributed by atoms with E-state index in [0.717, 1.165) is 9.87 Å². The molecule has 0 fully saturated rings. The Morgan fingerprint density at radius 3 is 2.36 bits per heavy atom. The van der Waals surface area contributed by atoms with Gasteiger partial charge < -0.3 is 0 Å². The number of ketones is 1. The number of hydrogen-bond donors (Lipinski definition) is 0. The van der Waals surface area contributed by atoms with Crippen molar-refractivity contribution in [3.05, 3.63) is 77.9 Å². The van der Waals surface area contributed by atoms with Gasteiger partial charge >= 0.3 is 0 Å². The minimum absolute atomic E-state index is 0.0268. The SMILES string of the molecule is C#CCN(C/C=C/C(=O)c1ccccc1)S(=O)(=O)c1ccc(C)cc1. The van der Waals surface area contributed by atoms with Crippen LogP contribution in [0.2, 0.25) is 0 Å². The summed E-state index contributed by atoms with van der Waals surface area (Å²) in [6.07, 6.45) is 8.18. The fourth-order valence-electron chi connectivity index (χ4n) is 2.18. The predicted molar refractivity (Wildman–Crippen MR) is 98.7 cm³/mol. The molecule has 0 amide bonds. The molecule has 0 N–H and O–H groups in total. The molecule has 2 aromatic rings. The lowest BCUT2D eigenvalue weighted by atomic mass is 10.1. The predicted octanol–water partition coefficient (Wildman–Crippen LogP) is 3.06. The molecule has 5 heteroatoms. The van der Waals surface area contributed by atoms with Crippen molar-refractivity contribution in [2.45, 2.75) is 11.8 Å². The molecule has 0 unspecified atom stereocenters. The minimum Gasteiger partial charge on any atom is -0.289 e. The topological polar surface area (TPSA) is 54.5 Å².